The monoisotopic (exact) mass is 250 g/mol. The molecule has 0 aliphatic carbocycles. The van der Waals surface area contributed by atoms with Crippen LogP contribution in [-0.4, -0.2) is 5.88 Å². The first kappa shape index (κ1) is 10.0. The van der Waals surface area contributed by atoms with E-state index >= 15 is 0 Å². The zero-order valence-corrected chi connectivity index (χ0v) is 8.83. The first-order valence-electron chi connectivity index (χ1n) is 3.73. The number of alkyl halides is 1. The summed E-state index contributed by atoms with van der Waals surface area (Å²) in [6.45, 7) is 0. The molecule has 3 heteroatoms. The standard InChI is InChI=1S/C9H9BrClF/c10-8-4-7(2-1-3-11)5-9(12)6-8/h4-6H,1-3H2. The fourth-order valence-corrected chi connectivity index (χ4v) is 1.67. The first-order chi connectivity index (χ1) is 5.72. The maximum absolute atomic E-state index is 12.8. The Kier molecular flexibility index (Phi) is 4.02. The second-order valence-corrected chi connectivity index (χ2v) is 3.86. The molecule has 0 saturated carbocycles. The Morgan fingerprint density at radius 2 is 2.08 bits per heavy atom. The van der Waals surface area contributed by atoms with Crippen molar-refractivity contribution in [2.45, 2.75) is 12.8 Å². The maximum atomic E-state index is 12.8. The zero-order chi connectivity index (χ0) is 8.97. The lowest BCUT2D eigenvalue weighted by Crippen LogP contribution is -1.87. The minimum absolute atomic E-state index is 0.200. The molecule has 0 heterocycles. The molecule has 1 rings (SSSR count). The van der Waals surface area contributed by atoms with E-state index in [1.165, 1.54) is 12.1 Å². The molecule has 0 N–H and O–H groups in total. The SMILES string of the molecule is Fc1cc(Br)cc(CCCCl)c1. The molecule has 0 saturated heterocycles. The van der Waals surface area contributed by atoms with Crippen LogP contribution in [0.3, 0.4) is 0 Å². The van der Waals surface area contributed by atoms with Gasteiger partial charge in [0, 0.05) is 10.4 Å². The minimum Gasteiger partial charge on any atom is -0.207 e. The fraction of sp³-hybridized carbons (Fsp3) is 0.333. The molecule has 0 aliphatic heterocycles. The van der Waals surface area contributed by atoms with Crippen molar-refractivity contribution < 1.29 is 4.39 Å². The Labute approximate surface area is 84.9 Å². The third kappa shape index (κ3) is 3.11. The van der Waals surface area contributed by atoms with Gasteiger partial charge in [0.15, 0.2) is 0 Å². The summed E-state index contributed by atoms with van der Waals surface area (Å²) >= 11 is 8.76. The van der Waals surface area contributed by atoms with Crippen molar-refractivity contribution in [1.29, 1.82) is 0 Å². The van der Waals surface area contributed by atoms with Crippen molar-refractivity contribution in [3.05, 3.63) is 34.1 Å². The molecule has 1 aromatic rings. The second-order valence-electron chi connectivity index (χ2n) is 2.57. The summed E-state index contributed by atoms with van der Waals surface area (Å²) in [6.07, 6.45) is 1.72. The van der Waals surface area contributed by atoms with Gasteiger partial charge in [-0.2, -0.15) is 0 Å². The smallest absolute Gasteiger partial charge is 0.124 e. The molecule has 0 spiro atoms. The van der Waals surface area contributed by atoms with Gasteiger partial charge in [-0.25, -0.2) is 4.39 Å². The number of hydrogen-bond donors (Lipinski definition) is 0. The van der Waals surface area contributed by atoms with E-state index in [9.17, 15) is 4.39 Å². The first-order valence-corrected chi connectivity index (χ1v) is 5.06. The molecule has 66 valence electrons. The van der Waals surface area contributed by atoms with Crippen LogP contribution in [0.15, 0.2) is 22.7 Å². The molecule has 0 bridgehead atoms. The number of rotatable bonds is 3. The molecule has 12 heavy (non-hydrogen) atoms. The van der Waals surface area contributed by atoms with Crippen LogP contribution in [0, 0.1) is 5.82 Å². The van der Waals surface area contributed by atoms with Gasteiger partial charge >= 0.3 is 0 Å². The largest absolute Gasteiger partial charge is 0.207 e. The Bertz CT molecular complexity index is 242. The van der Waals surface area contributed by atoms with Gasteiger partial charge in [-0.3, -0.25) is 0 Å². The highest BCUT2D eigenvalue weighted by Gasteiger charge is 1.98. The summed E-state index contributed by atoms with van der Waals surface area (Å²) in [4.78, 5) is 0. The lowest BCUT2D eigenvalue weighted by molar-refractivity contribution is 0.624. The Balaban J connectivity index is 2.72. The summed E-state index contributed by atoms with van der Waals surface area (Å²) in [5, 5.41) is 0. The van der Waals surface area contributed by atoms with Crippen LogP contribution in [0.5, 0.6) is 0 Å². The number of hydrogen-bond acceptors (Lipinski definition) is 0. The Morgan fingerprint density at radius 1 is 1.33 bits per heavy atom. The lowest BCUT2D eigenvalue weighted by atomic mass is 10.1. The molecule has 0 nitrogen and oxygen atoms in total. The van der Waals surface area contributed by atoms with Crippen LogP contribution in [-0.2, 0) is 6.42 Å². The highest BCUT2D eigenvalue weighted by molar-refractivity contribution is 9.10. The van der Waals surface area contributed by atoms with E-state index in [4.69, 9.17) is 11.6 Å². The van der Waals surface area contributed by atoms with Crippen LogP contribution in [0.25, 0.3) is 0 Å². The van der Waals surface area contributed by atoms with E-state index in [-0.39, 0.29) is 5.82 Å². The lowest BCUT2D eigenvalue weighted by Gasteiger charge is -2.00. The van der Waals surface area contributed by atoms with Gasteiger partial charge in [0.25, 0.3) is 0 Å². The summed E-state index contributed by atoms with van der Waals surface area (Å²) in [5.41, 5.74) is 0.988. The van der Waals surface area contributed by atoms with Gasteiger partial charge in [-0.05, 0) is 36.6 Å². The molecule has 0 atom stereocenters. The summed E-state index contributed by atoms with van der Waals surface area (Å²) in [7, 11) is 0. The van der Waals surface area contributed by atoms with Gasteiger partial charge in [0.1, 0.15) is 5.82 Å². The number of aryl methyl sites for hydroxylation is 1. The molecule has 0 radical (unpaired) electrons. The van der Waals surface area contributed by atoms with Crippen molar-refractivity contribution in [3.63, 3.8) is 0 Å². The average Bonchev–Trinajstić information content (AvgIpc) is 1.99. The predicted molar refractivity (Wildman–Crippen MR) is 53.1 cm³/mol. The molecule has 1 aromatic carbocycles. The number of benzene rings is 1. The third-order valence-corrected chi connectivity index (χ3v) is 2.25. The van der Waals surface area contributed by atoms with Crippen molar-refractivity contribution in [3.8, 4) is 0 Å². The van der Waals surface area contributed by atoms with Gasteiger partial charge in [-0.1, -0.05) is 15.9 Å². The zero-order valence-electron chi connectivity index (χ0n) is 6.49. The average molecular weight is 252 g/mol. The van der Waals surface area contributed by atoms with E-state index in [0.29, 0.717) is 5.88 Å². The molecule has 0 fully saturated rings. The van der Waals surface area contributed by atoms with Crippen LogP contribution < -0.4 is 0 Å². The van der Waals surface area contributed by atoms with Gasteiger partial charge < -0.3 is 0 Å². The molecule has 0 aliphatic rings. The van der Waals surface area contributed by atoms with E-state index in [0.717, 1.165) is 22.9 Å². The van der Waals surface area contributed by atoms with Crippen LogP contribution in [0.4, 0.5) is 4.39 Å². The van der Waals surface area contributed by atoms with Crippen molar-refractivity contribution >= 4 is 27.5 Å². The Morgan fingerprint density at radius 3 is 2.67 bits per heavy atom. The fourth-order valence-electron chi connectivity index (χ4n) is 1.03. The van der Waals surface area contributed by atoms with E-state index in [1.54, 1.807) is 0 Å². The normalized spacial score (nSPS) is 10.2. The predicted octanol–water partition coefficient (Wildman–Crippen LogP) is 3.76. The third-order valence-electron chi connectivity index (χ3n) is 1.52. The van der Waals surface area contributed by atoms with Crippen molar-refractivity contribution in [1.82, 2.24) is 0 Å². The summed E-state index contributed by atoms with van der Waals surface area (Å²) in [6, 6.07) is 4.90. The Hall–Kier alpha value is -0.0800. The quantitative estimate of drug-likeness (QED) is 0.718. The maximum Gasteiger partial charge on any atom is 0.124 e. The molecular weight excluding hydrogens is 242 g/mol. The summed E-state index contributed by atoms with van der Waals surface area (Å²) in [5.74, 6) is 0.419. The van der Waals surface area contributed by atoms with Crippen molar-refractivity contribution in [2.75, 3.05) is 5.88 Å². The van der Waals surface area contributed by atoms with Gasteiger partial charge in [-0.15, -0.1) is 11.6 Å². The molecular formula is C9H9BrClF. The molecule has 0 unspecified atom stereocenters. The van der Waals surface area contributed by atoms with E-state index in [1.807, 2.05) is 6.07 Å². The second kappa shape index (κ2) is 4.83. The summed E-state index contributed by atoms with van der Waals surface area (Å²) < 4.78 is 13.6. The molecule has 0 amide bonds. The van der Waals surface area contributed by atoms with E-state index in [2.05, 4.69) is 15.9 Å². The highest BCUT2D eigenvalue weighted by atomic mass is 79.9. The highest BCUT2D eigenvalue weighted by Crippen LogP contribution is 2.16. The number of halogens is 3. The van der Waals surface area contributed by atoms with Gasteiger partial charge in [0.2, 0.25) is 0 Å². The van der Waals surface area contributed by atoms with Crippen LogP contribution in [0.2, 0.25) is 0 Å². The topological polar surface area (TPSA) is 0 Å². The van der Waals surface area contributed by atoms with Crippen LogP contribution >= 0.6 is 27.5 Å². The van der Waals surface area contributed by atoms with Crippen LogP contribution in [0.1, 0.15) is 12.0 Å². The van der Waals surface area contributed by atoms with Crippen molar-refractivity contribution in [2.24, 2.45) is 0 Å². The van der Waals surface area contributed by atoms with E-state index < -0.39 is 0 Å². The molecule has 0 aromatic heterocycles. The van der Waals surface area contributed by atoms with Gasteiger partial charge in [0.05, 0.1) is 0 Å². The minimum atomic E-state index is -0.200.